The van der Waals surface area contributed by atoms with Gasteiger partial charge in [0.2, 0.25) is 0 Å². The first kappa shape index (κ1) is 11.9. The van der Waals surface area contributed by atoms with E-state index in [1.807, 2.05) is 4.68 Å². The van der Waals surface area contributed by atoms with Crippen LogP contribution < -0.4 is 0 Å². The summed E-state index contributed by atoms with van der Waals surface area (Å²) in [4.78, 5) is 0. The predicted octanol–water partition coefficient (Wildman–Crippen LogP) is 3.92. The van der Waals surface area contributed by atoms with Crippen LogP contribution in [0.15, 0.2) is 24.4 Å². The summed E-state index contributed by atoms with van der Waals surface area (Å²) in [6.07, 6.45) is 2.15. The van der Waals surface area contributed by atoms with E-state index < -0.39 is 0 Å². The lowest BCUT2D eigenvalue weighted by Gasteiger charge is -2.06. The summed E-state index contributed by atoms with van der Waals surface area (Å²) >= 11 is 0. The van der Waals surface area contributed by atoms with E-state index in [0.29, 0.717) is 5.92 Å². The summed E-state index contributed by atoms with van der Waals surface area (Å²) in [5, 5.41) is 4.61. The molecule has 2 rings (SSSR count). The smallest absolute Gasteiger partial charge is 0.0675 e. The van der Waals surface area contributed by atoms with Crippen molar-refractivity contribution in [2.75, 3.05) is 0 Å². The van der Waals surface area contributed by atoms with Crippen molar-refractivity contribution in [3.05, 3.63) is 46.8 Å². The molecule has 17 heavy (non-hydrogen) atoms. The molecule has 2 nitrogen and oxygen atoms in total. The minimum Gasteiger partial charge on any atom is -0.240 e. The Balaban J connectivity index is 2.50. The predicted molar refractivity (Wildman–Crippen MR) is 71.9 cm³/mol. The largest absolute Gasteiger partial charge is 0.240 e. The van der Waals surface area contributed by atoms with Gasteiger partial charge in [0, 0.05) is 6.20 Å². The first-order valence-corrected chi connectivity index (χ1v) is 6.13. The highest BCUT2D eigenvalue weighted by Crippen LogP contribution is 2.21. The van der Waals surface area contributed by atoms with Crippen molar-refractivity contribution >= 4 is 0 Å². The standard InChI is InChI=1S/C15H20N2/c1-10(2)14-9-17(16-13(14)5)15-7-6-11(3)8-12(15)4/h6-10H,1-5H3. The molecule has 0 spiro atoms. The highest BCUT2D eigenvalue weighted by molar-refractivity contribution is 5.42. The van der Waals surface area contributed by atoms with Gasteiger partial charge >= 0.3 is 0 Å². The Morgan fingerprint density at radius 2 is 1.82 bits per heavy atom. The molecule has 0 fully saturated rings. The van der Waals surface area contributed by atoms with Gasteiger partial charge in [-0.3, -0.25) is 0 Å². The minimum absolute atomic E-state index is 0.523. The van der Waals surface area contributed by atoms with Gasteiger partial charge in [0.05, 0.1) is 11.4 Å². The fourth-order valence-corrected chi connectivity index (χ4v) is 2.23. The highest BCUT2D eigenvalue weighted by atomic mass is 15.3. The second kappa shape index (κ2) is 4.36. The zero-order valence-corrected chi connectivity index (χ0v) is 11.3. The third-order valence-electron chi connectivity index (χ3n) is 3.16. The highest BCUT2D eigenvalue weighted by Gasteiger charge is 2.10. The van der Waals surface area contributed by atoms with Gasteiger partial charge < -0.3 is 0 Å². The van der Waals surface area contributed by atoms with Gasteiger partial charge in [0.1, 0.15) is 0 Å². The van der Waals surface area contributed by atoms with Gasteiger partial charge in [0.15, 0.2) is 0 Å². The average molecular weight is 228 g/mol. The second-order valence-corrected chi connectivity index (χ2v) is 5.06. The molecule has 1 heterocycles. The van der Waals surface area contributed by atoms with Crippen LogP contribution in [0.2, 0.25) is 0 Å². The van der Waals surface area contributed by atoms with Crippen LogP contribution in [0.1, 0.15) is 42.1 Å². The molecule has 2 aromatic rings. The Labute approximate surface area is 103 Å². The summed E-state index contributed by atoms with van der Waals surface area (Å²) in [5.41, 5.74) is 6.18. The first-order chi connectivity index (χ1) is 7.99. The lowest BCUT2D eigenvalue weighted by molar-refractivity contribution is 0.854. The molecule has 1 aromatic heterocycles. The van der Waals surface area contributed by atoms with E-state index in [4.69, 9.17) is 0 Å². The van der Waals surface area contributed by atoms with Crippen LogP contribution in [0, 0.1) is 20.8 Å². The molecule has 0 saturated heterocycles. The number of benzene rings is 1. The first-order valence-electron chi connectivity index (χ1n) is 6.13. The van der Waals surface area contributed by atoms with E-state index in [0.717, 1.165) is 5.69 Å². The molecule has 0 bridgehead atoms. The maximum atomic E-state index is 4.61. The molecule has 0 unspecified atom stereocenters. The topological polar surface area (TPSA) is 17.8 Å². The quantitative estimate of drug-likeness (QED) is 0.761. The van der Waals surface area contributed by atoms with E-state index in [1.165, 1.54) is 22.4 Å². The van der Waals surface area contributed by atoms with Gasteiger partial charge in [-0.15, -0.1) is 0 Å². The number of nitrogens with zero attached hydrogens (tertiary/aromatic N) is 2. The van der Waals surface area contributed by atoms with Crippen molar-refractivity contribution in [2.24, 2.45) is 0 Å². The molecule has 1 aromatic carbocycles. The van der Waals surface area contributed by atoms with E-state index in [2.05, 4.69) is 64.1 Å². The molecule has 0 atom stereocenters. The van der Waals surface area contributed by atoms with Crippen molar-refractivity contribution in [3.8, 4) is 5.69 Å². The zero-order valence-electron chi connectivity index (χ0n) is 11.3. The maximum absolute atomic E-state index is 4.61. The monoisotopic (exact) mass is 228 g/mol. The van der Waals surface area contributed by atoms with Crippen LogP contribution in [-0.2, 0) is 0 Å². The molecule has 0 N–H and O–H groups in total. The third kappa shape index (κ3) is 2.26. The number of hydrogen-bond acceptors (Lipinski definition) is 1. The summed E-state index contributed by atoms with van der Waals surface area (Å²) in [5.74, 6) is 0.523. The Bertz CT molecular complexity index is 536. The molecule has 0 aliphatic carbocycles. The van der Waals surface area contributed by atoms with Crippen molar-refractivity contribution in [2.45, 2.75) is 40.5 Å². The SMILES string of the molecule is Cc1ccc(-n2cc(C(C)C)c(C)n2)c(C)c1. The normalized spacial score (nSPS) is 11.2. The van der Waals surface area contributed by atoms with Crippen LogP contribution in [0.3, 0.4) is 0 Å². The zero-order chi connectivity index (χ0) is 12.6. The minimum atomic E-state index is 0.523. The molecule has 0 aliphatic rings. The number of rotatable bonds is 2. The molecule has 0 saturated carbocycles. The lowest BCUT2D eigenvalue weighted by atomic mass is 10.1. The van der Waals surface area contributed by atoms with Gasteiger partial charge in [-0.25, -0.2) is 4.68 Å². The number of aromatic nitrogens is 2. The molecular formula is C15H20N2. The van der Waals surface area contributed by atoms with E-state index in [9.17, 15) is 0 Å². The van der Waals surface area contributed by atoms with Gasteiger partial charge in [0.25, 0.3) is 0 Å². The Morgan fingerprint density at radius 1 is 1.12 bits per heavy atom. The van der Waals surface area contributed by atoms with Crippen LogP contribution in [0.5, 0.6) is 0 Å². The molecule has 0 radical (unpaired) electrons. The maximum Gasteiger partial charge on any atom is 0.0675 e. The number of hydrogen-bond donors (Lipinski definition) is 0. The average Bonchev–Trinajstić information content (AvgIpc) is 2.60. The van der Waals surface area contributed by atoms with Gasteiger partial charge in [-0.1, -0.05) is 31.5 Å². The molecule has 90 valence electrons. The molecule has 2 heteroatoms. The lowest BCUT2D eigenvalue weighted by Crippen LogP contribution is -1.98. The molecule has 0 aliphatic heterocycles. The number of aryl methyl sites for hydroxylation is 3. The third-order valence-corrected chi connectivity index (χ3v) is 3.16. The van der Waals surface area contributed by atoms with Crippen molar-refractivity contribution in [3.63, 3.8) is 0 Å². The van der Waals surface area contributed by atoms with E-state index >= 15 is 0 Å². The molecular weight excluding hydrogens is 208 g/mol. The summed E-state index contributed by atoms with van der Waals surface area (Å²) in [6, 6.07) is 6.47. The Morgan fingerprint density at radius 3 is 2.35 bits per heavy atom. The van der Waals surface area contributed by atoms with Crippen LogP contribution in [0.4, 0.5) is 0 Å². The second-order valence-electron chi connectivity index (χ2n) is 5.06. The van der Waals surface area contributed by atoms with Crippen molar-refractivity contribution < 1.29 is 0 Å². The van der Waals surface area contributed by atoms with E-state index in [1.54, 1.807) is 0 Å². The van der Waals surface area contributed by atoms with Crippen LogP contribution >= 0.6 is 0 Å². The summed E-state index contributed by atoms with van der Waals surface area (Å²) in [7, 11) is 0. The van der Waals surface area contributed by atoms with Crippen LogP contribution in [0.25, 0.3) is 5.69 Å². The molecule has 0 amide bonds. The van der Waals surface area contributed by atoms with E-state index in [-0.39, 0.29) is 0 Å². The summed E-state index contributed by atoms with van der Waals surface area (Å²) < 4.78 is 2.00. The van der Waals surface area contributed by atoms with Gasteiger partial charge in [-0.2, -0.15) is 5.10 Å². The van der Waals surface area contributed by atoms with Crippen molar-refractivity contribution in [1.82, 2.24) is 9.78 Å². The van der Waals surface area contributed by atoms with Gasteiger partial charge in [-0.05, 0) is 43.9 Å². The fraction of sp³-hybridized carbons (Fsp3) is 0.400. The Hall–Kier alpha value is -1.57. The fourth-order valence-electron chi connectivity index (χ4n) is 2.23. The van der Waals surface area contributed by atoms with Crippen LogP contribution in [-0.4, -0.2) is 9.78 Å². The van der Waals surface area contributed by atoms with Crippen molar-refractivity contribution in [1.29, 1.82) is 0 Å². The summed E-state index contributed by atoms with van der Waals surface area (Å²) in [6.45, 7) is 10.7. The Kier molecular flexibility index (Phi) is 3.05.